The zero-order valence-electron chi connectivity index (χ0n) is 10.7. The number of allylic oxidation sites excluding steroid dienone is 1. The van der Waals surface area contributed by atoms with Crippen molar-refractivity contribution in [3.8, 4) is 0 Å². The Morgan fingerprint density at radius 1 is 1.06 bits per heavy atom. The highest BCUT2D eigenvalue weighted by atomic mass is 28.3. The summed E-state index contributed by atoms with van der Waals surface area (Å²) in [5, 5.41) is 4.46. The highest BCUT2D eigenvalue weighted by Crippen LogP contribution is 2.28. The van der Waals surface area contributed by atoms with Crippen LogP contribution in [0, 0.1) is 0 Å². The third-order valence-electron chi connectivity index (χ3n) is 3.62. The Bertz CT molecular complexity index is 615. The molecule has 86 valence electrons. The summed E-state index contributed by atoms with van der Waals surface area (Å²) in [6.45, 7) is 7.30. The Kier molecular flexibility index (Phi) is 2.27. The summed E-state index contributed by atoms with van der Waals surface area (Å²) in [6.07, 6.45) is 5.74. The van der Waals surface area contributed by atoms with Gasteiger partial charge in [-0.25, -0.2) is 0 Å². The van der Waals surface area contributed by atoms with Gasteiger partial charge in [0.2, 0.25) is 0 Å². The van der Waals surface area contributed by atoms with E-state index in [2.05, 4.69) is 62.1 Å². The molecule has 0 fully saturated rings. The predicted octanol–water partition coefficient (Wildman–Crippen LogP) is 3.95. The van der Waals surface area contributed by atoms with E-state index in [4.69, 9.17) is 0 Å². The van der Waals surface area contributed by atoms with Crippen molar-refractivity contribution in [1.82, 2.24) is 0 Å². The summed E-state index contributed by atoms with van der Waals surface area (Å²) < 4.78 is 0. The molecule has 0 nitrogen and oxygen atoms in total. The number of hydrogen-bond acceptors (Lipinski definition) is 0. The van der Waals surface area contributed by atoms with Gasteiger partial charge in [0.1, 0.15) is 0 Å². The lowest BCUT2D eigenvalue weighted by molar-refractivity contribution is 1.35. The molecule has 0 atom stereocenters. The Hall–Kier alpha value is -1.34. The summed E-state index contributed by atoms with van der Waals surface area (Å²) in [5.74, 6) is 0. The topological polar surface area (TPSA) is 0 Å². The van der Waals surface area contributed by atoms with Gasteiger partial charge in [0.05, 0.1) is 8.07 Å². The number of benzene rings is 2. The first-order chi connectivity index (χ1) is 8.07. The lowest BCUT2D eigenvalue weighted by atomic mass is 10.0. The van der Waals surface area contributed by atoms with Gasteiger partial charge >= 0.3 is 0 Å². The lowest BCUT2D eigenvalue weighted by Gasteiger charge is -2.22. The molecule has 0 radical (unpaired) electrons. The zero-order chi connectivity index (χ0) is 12.0. The standard InChI is InChI=1S/C16H18Si/c1-17(2,3)16-11-12-7-4-5-8-13(12)14-9-6-10-15(14)16/h4-8,10-11H,9H2,1-3H3. The third kappa shape index (κ3) is 1.66. The largest absolute Gasteiger partial charge is 0.0795 e. The smallest absolute Gasteiger partial charge is 0.0784 e. The van der Waals surface area contributed by atoms with Gasteiger partial charge in [0.15, 0.2) is 0 Å². The van der Waals surface area contributed by atoms with E-state index < -0.39 is 8.07 Å². The van der Waals surface area contributed by atoms with Crippen LogP contribution in [0.2, 0.25) is 19.6 Å². The maximum absolute atomic E-state index is 2.43. The molecule has 2 aromatic carbocycles. The lowest BCUT2D eigenvalue weighted by Crippen LogP contribution is -2.39. The van der Waals surface area contributed by atoms with Gasteiger partial charge in [0.25, 0.3) is 0 Å². The minimum absolute atomic E-state index is 1.11. The van der Waals surface area contributed by atoms with Crippen molar-refractivity contribution < 1.29 is 0 Å². The Labute approximate surface area is 104 Å². The van der Waals surface area contributed by atoms with Crippen LogP contribution < -0.4 is 5.19 Å². The molecule has 2 aromatic rings. The van der Waals surface area contributed by atoms with E-state index >= 15 is 0 Å². The van der Waals surface area contributed by atoms with E-state index in [9.17, 15) is 0 Å². The van der Waals surface area contributed by atoms with E-state index in [1.165, 1.54) is 16.3 Å². The second-order valence-electron chi connectivity index (χ2n) is 5.89. The molecule has 0 aromatic heterocycles. The van der Waals surface area contributed by atoms with Crippen LogP contribution in [0.3, 0.4) is 0 Å². The molecule has 17 heavy (non-hydrogen) atoms. The first kappa shape index (κ1) is 10.8. The summed E-state index contributed by atoms with van der Waals surface area (Å²) >= 11 is 0. The van der Waals surface area contributed by atoms with Gasteiger partial charge in [0, 0.05) is 0 Å². The second kappa shape index (κ2) is 3.57. The van der Waals surface area contributed by atoms with Crippen LogP contribution in [0.15, 0.2) is 36.4 Å². The average molecular weight is 238 g/mol. The molecule has 0 bridgehead atoms. The average Bonchev–Trinajstić information content (AvgIpc) is 2.75. The van der Waals surface area contributed by atoms with Crippen molar-refractivity contribution in [1.29, 1.82) is 0 Å². The first-order valence-corrected chi connectivity index (χ1v) is 9.79. The van der Waals surface area contributed by atoms with Crippen molar-refractivity contribution in [3.63, 3.8) is 0 Å². The van der Waals surface area contributed by atoms with Crippen molar-refractivity contribution >= 4 is 30.1 Å². The van der Waals surface area contributed by atoms with E-state index in [0.717, 1.165) is 6.42 Å². The monoisotopic (exact) mass is 238 g/mol. The summed E-state index contributed by atoms with van der Waals surface area (Å²) in [5.41, 5.74) is 3.06. The van der Waals surface area contributed by atoms with Gasteiger partial charge in [-0.15, -0.1) is 0 Å². The highest BCUT2D eigenvalue weighted by molar-refractivity contribution is 6.89. The maximum atomic E-state index is 2.43. The van der Waals surface area contributed by atoms with Crippen molar-refractivity contribution in [2.45, 2.75) is 26.1 Å². The first-order valence-electron chi connectivity index (χ1n) is 6.29. The molecule has 1 aliphatic carbocycles. The normalized spacial score (nSPS) is 14.3. The molecule has 0 saturated carbocycles. The van der Waals surface area contributed by atoms with Gasteiger partial charge in [-0.2, -0.15) is 0 Å². The van der Waals surface area contributed by atoms with E-state index in [0.29, 0.717) is 0 Å². The van der Waals surface area contributed by atoms with Crippen molar-refractivity contribution in [2.75, 3.05) is 0 Å². The van der Waals surface area contributed by atoms with Crippen LogP contribution >= 0.6 is 0 Å². The van der Waals surface area contributed by atoms with Gasteiger partial charge in [-0.3, -0.25) is 0 Å². The van der Waals surface area contributed by atoms with Gasteiger partial charge in [-0.05, 0) is 28.3 Å². The molecule has 3 rings (SSSR count). The molecular formula is C16H18Si. The number of hydrogen-bond donors (Lipinski definition) is 0. The Balaban J connectivity index is 2.41. The van der Waals surface area contributed by atoms with Crippen LogP contribution in [0.4, 0.5) is 0 Å². The zero-order valence-corrected chi connectivity index (χ0v) is 11.7. The summed E-state index contributed by atoms with van der Waals surface area (Å²) in [6, 6.07) is 11.2. The molecular weight excluding hydrogens is 220 g/mol. The number of fused-ring (bicyclic) bond motifs is 3. The molecule has 1 aliphatic rings. The molecule has 0 unspecified atom stereocenters. The fourth-order valence-electron chi connectivity index (χ4n) is 2.76. The predicted molar refractivity (Wildman–Crippen MR) is 79.7 cm³/mol. The SMILES string of the molecule is C[Si](C)(C)c1cc2ccccc2c2c1C=CC2. The van der Waals surface area contributed by atoms with Crippen LogP contribution in [-0.4, -0.2) is 8.07 Å². The molecule has 0 spiro atoms. The van der Waals surface area contributed by atoms with Gasteiger partial charge < -0.3 is 0 Å². The summed E-state index contributed by atoms with van der Waals surface area (Å²) in [4.78, 5) is 0. The quantitative estimate of drug-likeness (QED) is 0.660. The van der Waals surface area contributed by atoms with Crippen molar-refractivity contribution in [2.24, 2.45) is 0 Å². The summed E-state index contributed by atoms with van der Waals surface area (Å²) in [7, 11) is -1.26. The second-order valence-corrected chi connectivity index (χ2v) is 10.9. The fraction of sp³-hybridized carbons (Fsp3) is 0.250. The van der Waals surface area contributed by atoms with Crippen LogP contribution in [0.5, 0.6) is 0 Å². The van der Waals surface area contributed by atoms with E-state index in [1.807, 2.05) is 0 Å². The van der Waals surface area contributed by atoms with Crippen LogP contribution in [-0.2, 0) is 6.42 Å². The van der Waals surface area contributed by atoms with E-state index in [-0.39, 0.29) is 0 Å². The minimum Gasteiger partial charge on any atom is -0.0795 e. The maximum Gasteiger partial charge on any atom is 0.0784 e. The number of rotatable bonds is 1. The molecule has 0 aliphatic heterocycles. The molecule has 1 heteroatoms. The van der Waals surface area contributed by atoms with E-state index in [1.54, 1.807) is 10.8 Å². The molecule has 0 N–H and O–H groups in total. The van der Waals surface area contributed by atoms with Crippen LogP contribution in [0.1, 0.15) is 11.1 Å². The Morgan fingerprint density at radius 3 is 2.59 bits per heavy atom. The Morgan fingerprint density at radius 2 is 1.82 bits per heavy atom. The fourth-order valence-corrected chi connectivity index (χ4v) is 4.39. The molecule has 0 saturated heterocycles. The minimum atomic E-state index is -1.26. The van der Waals surface area contributed by atoms with Crippen molar-refractivity contribution in [3.05, 3.63) is 47.5 Å². The highest BCUT2D eigenvalue weighted by Gasteiger charge is 2.23. The third-order valence-corrected chi connectivity index (χ3v) is 5.65. The molecule has 0 amide bonds. The van der Waals surface area contributed by atoms with Gasteiger partial charge in [-0.1, -0.05) is 67.3 Å². The molecule has 0 heterocycles. The van der Waals surface area contributed by atoms with Crippen LogP contribution in [0.25, 0.3) is 16.8 Å².